The van der Waals surface area contributed by atoms with Crippen molar-refractivity contribution in [3.63, 3.8) is 0 Å². The summed E-state index contributed by atoms with van der Waals surface area (Å²) in [6.45, 7) is 0. The number of nitrogens with one attached hydrogen (secondary N) is 1. The molecule has 1 heterocycles. The molecule has 0 atom stereocenters. The minimum Gasteiger partial charge on any atom is -0.323 e. The van der Waals surface area contributed by atoms with Crippen LogP contribution in [0.5, 0.6) is 0 Å². The largest absolute Gasteiger partial charge is 0.323 e. The predicted octanol–water partition coefficient (Wildman–Crippen LogP) is 0.804. The van der Waals surface area contributed by atoms with Crippen molar-refractivity contribution in [1.29, 1.82) is 0 Å². The Hall–Kier alpha value is -2.24. The third kappa shape index (κ3) is 1.77. The van der Waals surface area contributed by atoms with E-state index in [9.17, 15) is 18.4 Å². The first kappa shape index (κ1) is 10.3. The Morgan fingerprint density at radius 2 is 1.69 bits per heavy atom. The number of H-pyrrole nitrogens is 1. The molecular weight excluding hydrogens is 218 g/mol. The summed E-state index contributed by atoms with van der Waals surface area (Å²) in [7, 11) is 0. The van der Waals surface area contributed by atoms with Crippen molar-refractivity contribution in [2.45, 2.75) is 0 Å². The monoisotopic (exact) mass is 224 g/mol. The third-order valence-electron chi connectivity index (χ3n) is 1.98. The van der Waals surface area contributed by atoms with Crippen molar-refractivity contribution in [3.05, 3.63) is 62.9 Å². The molecule has 0 aliphatic heterocycles. The maximum atomic E-state index is 12.9. The second kappa shape index (κ2) is 3.73. The highest BCUT2D eigenvalue weighted by Gasteiger charge is 2.05. The van der Waals surface area contributed by atoms with Crippen LogP contribution in [0.4, 0.5) is 8.78 Å². The summed E-state index contributed by atoms with van der Waals surface area (Å²) in [6, 6.07) is 2.61. The Bertz CT molecular complexity index is 626. The van der Waals surface area contributed by atoms with Crippen molar-refractivity contribution in [2.75, 3.05) is 0 Å². The van der Waals surface area contributed by atoms with Crippen LogP contribution in [-0.2, 0) is 0 Å². The second-order valence-electron chi connectivity index (χ2n) is 3.09. The molecule has 0 aliphatic carbocycles. The van der Waals surface area contributed by atoms with Gasteiger partial charge in [-0.25, -0.2) is 8.78 Å². The maximum Gasteiger partial charge on any atom is 0.320 e. The SMILES string of the molecule is O=c1[nH]ccn(-c2cc(F)cc(F)c2)c1=O. The normalized spacial score (nSPS) is 10.4. The summed E-state index contributed by atoms with van der Waals surface area (Å²) in [4.78, 5) is 24.5. The molecule has 0 unspecified atom stereocenters. The summed E-state index contributed by atoms with van der Waals surface area (Å²) >= 11 is 0. The van der Waals surface area contributed by atoms with E-state index in [4.69, 9.17) is 0 Å². The highest BCUT2D eigenvalue weighted by Crippen LogP contribution is 2.10. The zero-order valence-electron chi connectivity index (χ0n) is 7.91. The Balaban J connectivity index is 2.73. The highest BCUT2D eigenvalue weighted by molar-refractivity contribution is 5.32. The molecule has 4 nitrogen and oxygen atoms in total. The summed E-state index contributed by atoms with van der Waals surface area (Å²) in [5.41, 5.74) is -1.78. The van der Waals surface area contributed by atoms with Crippen LogP contribution in [0.25, 0.3) is 5.69 Å². The van der Waals surface area contributed by atoms with Gasteiger partial charge < -0.3 is 4.98 Å². The molecule has 0 fully saturated rings. The average molecular weight is 224 g/mol. The van der Waals surface area contributed by atoms with Gasteiger partial charge in [-0.3, -0.25) is 14.2 Å². The van der Waals surface area contributed by atoms with Crippen LogP contribution in [-0.4, -0.2) is 9.55 Å². The van der Waals surface area contributed by atoms with E-state index >= 15 is 0 Å². The summed E-state index contributed by atoms with van der Waals surface area (Å²) < 4.78 is 26.7. The van der Waals surface area contributed by atoms with E-state index in [2.05, 4.69) is 4.98 Å². The van der Waals surface area contributed by atoms with E-state index in [1.807, 2.05) is 0 Å². The number of rotatable bonds is 1. The van der Waals surface area contributed by atoms with Gasteiger partial charge in [-0.2, -0.15) is 0 Å². The Labute approximate surface area is 87.8 Å². The zero-order chi connectivity index (χ0) is 11.7. The molecule has 0 radical (unpaired) electrons. The van der Waals surface area contributed by atoms with Crippen LogP contribution < -0.4 is 11.1 Å². The zero-order valence-corrected chi connectivity index (χ0v) is 7.91. The van der Waals surface area contributed by atoms with Gasteiger partial charge in [0, 0.05) is 18.5 Å². The van der Waals surface area contributed by atoms with Gasteiger partial charge in [0.1, 0.15) is 11.6 Å². The number of hydrogen-bond acceptors (Lipinski definition) is 2. The van der Waals surface area contributed by atoms with E-state index < -0.39 is 22.8 Å². The molecule has 16 heavy (non-hydrogen) atoms. The number of aromatic nitrogens is 2. The van der Waals surface area contributed by atoms with Crippen LogP contribution in [0.2, 0.25) is 0 Å². The topological polar surface area (TPSA) is 54.9 Å². The number of nitrogens with zero attached hydrogens (tertiary/aromatic N) is 1. The molecule has 2 aromatic rings. The van der Waals surface area contributed by atoms with E-state index in [-0.39, 0.29) is 5.69 Å². The fraction of sp³-hybridized carbons (Fsp3) is 0. The summed E-state index contributed by atoms with van der Waals surface area (Å²) in [5.74, 6) is -1.63. The van der Waals surface area contributed by atoms with Gasteiger partial charge in [0.2, 0.25) is 0 Å². The lowest BCUT2D eigenvalue weighted by Gasteiger charge is -2.04. The Morgan fingerprint density at radius 1 is 1.06 bits per heavy atom. The molecule has 6 heteroatoms. The Morgan fingerprint density at radius 3 is 2.31 bits per heavy atom. The molecule has 1 aromatic carbocycles. The third-order valence-corrected chi connectivity index (χ3v) is 1.98. The molecule has 0 spiro atoms. The van der Waals surface area contributed by atoms with Crippen molar-refractivity contribution >= 4 is 0 Å². The fourth-order valence-corrected chi connectivity index (χ4v) is 1.31. The van der Waals surface area contributed by atoms with Gasteiger partial charge in [0.15, 0.2) is 0 Å². The van der Waals surface area contributed by atoms with Crippen LogP contribution in [0.1, 0.15) is 0 Å². The molecule has 0 amide bonds. The molecule has 1 aromatic heterocycles. The van der Waals surface area contributed by atoms with Gasteiger partial charge >= 0.3 is 11.1 Å². The van der Waals surface area contributed by atoms with E-state index in [1.165, 1.54) is 12.4 Å². The van der Waals surface area contributed by atoms with Gasteiger partial charge in [0.05, 0.1) is 5.69 Å². The van der Waals surface area contributed by atoms with Crippen molar-refractivity contribution in [1.82, 2.24) is 9.55 Å². The average Bonchev–Trinajstić information content (AvgIpc) is 2.20. The quantitative estimate of drug-likeness (QED) is 0.728. The molecule has 2 rings (SSSR count). The number of halogens is 2. The molecule has 82 valence electrons. The molecule has 0 saturated heterocycles. The van der Waals surface area contributed by atoms with Crippen molar-refractivity contribution < 1.29 is 8.78 Å². The lowest BCUT2D eigenvalue weighted by Crippen LogP contribution is -2.34. The molecule has 0 saturated carbocycles. The lowest BCUT2D eigenvalue weighted by molar-refractivity contribution is 0.581. The van der Waals surface area contributed by atoms with Gasteiger partial charge in [-0.05, 0) is 12.1 Å². The predicted molar refractivity (Wildman–Crippen MR) is 52.6 cm³/mol. The van der Waals surface area contributed by atoms with Gasteiger partial charge in [-0.15, -0.1) is 0 Å². The lowest BCUT2D eigenvalue weighted by atomic mass is 10.3. The van der Waals surface area contributed by atoms with E-state index in [1.54, 1.807) is 0 Å². The van der Waals surface area contributed by atoms with Crippen LogP contribution >= 0.6 is 0 Å². The highest BCUT2D eigenvalue weighted by atomic mass is 19.1. The minimum atomic E-state index is -0.896. The smallest absolute Gasteiger partial charge is 0.320 e. The van der Waals surface area contributed by atoms with Crippen molar-refractivity contribution in [3.8, 4) is 5.69 Å². The molecule has 1 N–H and O–H groups in total. The van der Waals surface area contributed by atoms with Crippen LogP contribution in [0.15, 0.2) is 40.2 Å². The number of benzene rings is 1. The first-order chi connectivity index (χ1) is 7.58. The van der Waals surface area contributed by atoms with Crippen LogP contribution in [0, 0.1) is 11.6 Å². The second-order valence-corrected chi connectivity index (χ2v) is 3.09. The van der Waals surface area contributed by atoms with Crippen LogP contribution in [0.3, 0.4) is 0 Å². The Kier molecular flexibility index (Phi) is 2.40. The maximum absolute atomic E-state index is 12.9. The molecular formula is C10H6F2N2O2. The molecule has 0 bridgehead atoms. The summed E-state index contributed by atoms with van der Waals surface area (Å²) in [6.07, 6.45) is 2.44. The van der Waals surface area contributed by atoms with E-state index in [0.29, 0.717) is 6.07 Å². The van der Waals surface area contributed by atoms with Gasteiger partial charge in [0.25, 0.3) is 0 Å². The van der Waals surface area contributed by atoms with Crippen molar-refractivity contribution in [2.24, 2.45) is 0 Å². The standard InChI is InChI=1S/C10H6F2N2O2/c11-6-3-7(12)5-8(4-6)14-2-1-13-9(15)10(14)16/h1-5H,(H,13,15). The first-order valence-electron chi connectivity index (χ1n) is 4.35. The minimum absolute atomic E-state index is 0.0337. The molecule has 0 aliphatic rings. The summed E-state index contributed by atoms with van der Waals surface area (Å²) in [5, 5.41) is 0. The number of aromatic amines is 1. The first-order valence-corrected chi connectivity index (χ1v) is 4.35. The van der Waals surface area contributed by atoms with Gasteiger partial charge in [-0.1, -0.05) is 0 Å². The van der Waals surface area contributed by atoms with E-state index in [0.717, 1.165) is 16.7 Å². The fourth-order valence-electron chi connectivity index (χ4n) is 1.31. The number of hydrogen-bond donors (Lipinski definition) is 1.